The standard InChI is InChI=1S/C22H25N3O5/c1-2-28-22(27)23-18-6-4-17(5-7-18)21(26)25-11-9-24(10-12-25)14-16-3-8-19-20(13-16)30-15-29-19/h3-8,13H,2,9-12,14-15H2,1H3,(H,23,27). The number of carbonyl (C=O) groups is 2. The third kappa shape index (κ3) is 4.65. The summed E-state index contributed by atoms with van der Waals surface area (Å²) in [6, 6.07) is 12.9. The number of fused-ring (bicyclic) bond motifs is 1. The van der Waals surface area contributed by atoms with Gasteiger partial charge in [-0.25, -0.2) is 4.79 Å². The Morgan fingerprint density at radius 1 is 1.00 bits per heavy atom. The van der Waals surface area contributed by atoms with Crippen molar-refractivity contribution < 1.29 is 23.8 Å². The van der Waals surface area contributed by atoms with Gasteiger partial charge in [-0.2, -0.15) is 0 Å². The van der Waals surface area contributed by atoms with Crippen LogP contribution in [-0.2, 0) is 11.3 Å². The van der Waals surface area contributed by atoms with Crippen molar-refractivity contribution in [3.05, 3.63) is 53.6 Å². The van der Waals surface area contributed by atoms with Crippen molar-refractivity contribution in [2.45, 2.75) is 13.5 Å². The molecule has 2 amide bonds. The Morgan fingerprint density at radius 3 is 2.47 bits per heavy atom. The predicted octanol–water partition coefficient (Wildman–Crippen LogP) is 2.94. The lowest BCUT2D eigenvalue weighted by Crippen LogP contribution is -2.48. The van der Waals surface area contributed by atoms with Crippen molar-refractivity contribution in [3.63, 3.8) is 0 Å². The minimum absolute atomic E-state index is 0.000384. The van der Waals surface area contributed by atoms with Gasteiger partial charge in [-0.1, -0.05) is 6.07 Å². The number of rotatable bonds is 5. The molecule has 0 unspecified atom stereocenters. The molecule has 8 heteroatoms. The quantitative estimate of drug-likeness (QED) is 0.815. The van der Waals surface area contributed by atoms with Crippen LogP contribution in [-0.4, -0.2) is 61.4 Å². The zero-order chi connectivity index (χ0) is 20.9. The Labute approximate surface area is 175 Å². The first-order chi connectivity index (χ1) is 14.6. The van der Waals surface area contributed by atoms with E-state index in [1.165, 1.54) is 5.56 Å². The Hall–Kier alpha value is -3.26. The van der Waals surface area contributed by atoms with Crippen LogP contribution in [0.4, 0.5) is 10.5 Å². The van der Waals surface area contributed by atoms with Crippen LogP contribution in [0.1, 0.15) is 22.8 Å². The van der Waals surface area contributed by atoms with Gasteiger partial charge < -0.3 is 19.1 Å². The number of hydrogen-bond acceptors (Lipinski definition) is 6. The summed E-state index contributed by atoms with van der Waals surface area (Å²) in [6.07, 6.45) is -0.504. The summed E-state index contributed by atoms with van der Waals surface area (Å²) in [5.41, 5.74) is 2.37. The van der Waals surface area contributed by atoms with E-state index in [0.29, 0.717) is 30.9 Å². The van der Waals surface area contributed by atoms with E-state index in [2.05, 4.69) is 16.3 Å². The number of benzene rings is 2. The molecule has 30 heavy (non-hydrogen) atoms. The van der Waals surface area contributed by atoms with Gasteiger partial charge in [0.2, 0.25) is 6.79 Å². The molecular weight excluding hydrogens is 386 g/mol. The number of amides is 2. The van der Waals surface area contributed by atoms with E-state index in [1.807, 2.05) is 17.0 Å². The molecule has 0 aromatic heterocycles. The van der Waals surface area contributed by atoms with E-state index >= 15 is 0 Å². The van der Waals surface area contributed by atoms with Crippen molar-refractivity contribution in [2.24, 2.45) is 0 Å². The van der Waals surface area contributed by atoms with Crippen LogP contribution in [0.2, 0.25) is 0 Å². The normalized spacial score (nSPS) is 15.7. The van der Waals surface area contributed by atoms with E-state index in [0.717, 1.165) is 31.1 Å². The molecule has 1 saturated heterocycles. The van der Waals surface area contributed by atoms with Gasteiger partial charge in [0.1, 0.15) is 0 Å². The number of nitrogens with zero attached hydrogens (tertiary/aromatic N) is 2. The van der Waals surface area contributed by atoms with E-state index in [4.69, 9.17) is 14.2 Å². The summed E-state index contributed by atoms with van der Waals surface area (Å²) in [6.45, 7) is 6.11. The summed E-state index contributed by atoms with van der Waals surface area (Å²) in [7, 11) is 0. The first-order valence-electron chi connectivity index (χ1n) is 10.1. The zero-order valence-electron chi connectivity index (χ0n) is 16.9. The van der Waals surface area contributed by atoms with Crippen LogP contribution < -0.4 is 14.8 Å². The molecule has 158 valence electrons. The van der Waals surface area contributed by atoms with E-state index in [9.17, 15) is 9.59 Å². The molecule has 2 aliphatic rings. The number of anilines is 1. The number of carbonyl (C=O) groups excluding carboxylic acids is 2. The number of ether oxygens (including phenoxy) is 3. The summed E-state index contributed by atoms with van der Waals surface area (Å²) < 4.78 is 15.6. The van der Waals surface area contributed by atoms with Crippen molar-refractivity contribution in [1.82, 2.24) is 9.80 Å². The molecule has 8 nitrogen and oxygen atoms in total. The van der Waals surface area contributed by atoms with Gasteiger partial charge in [-0.3, -0.25) is 15.0 Å². The fourth-order valence-corrected chi connectivity index (χ4v) is 3.57. The molecule has 0 saturated carbocycles. The first kappa shape index (κ1) is 20.0. The van der Waals surface area contributed by atoms with Crippen molar-refractivity contribution >= 4 is 17.7 Å². The predicted molar refractivity (Wildman–Crippen MR) is 111 cm³/mol. The molecule has 1 N–H and O–H groups in total. The lowest BCUT2D eigenvalue weighted by Gasteiger charge is -2.34. The van der Waals surface area contributed by atoms with Crippen molar-refractivity contribution in [3.8, 4) is 11.5 Å². The Balaban J connectivity index is 1.28. The SMILES string of the molecule is CCOC(=O)Nc1ccc(C(=O)N2CCN(Cc3ccc4c(c3)OCO4)CC2)cc1. The van der Waals surface area contributed by atoms with Crippen LogP contribution in [0, 0.1) is 0 Å². The van der Waals surface area contributed by atoms with Crippen LogP contribution in [0.5, 0.6) is 11.5 Å². The van der Waals surface area contributed by atoms with Gasteiger partial charge >= 0.3 is 6.09 Å². The first-order valence-corrected chi connectivity index (χ1v) is 10.1. The second kappa shape index (κ2) is 9.04. The summed E-state index contributed by atoms with van der Waals surface area (Å²) in [5.74, 6) is 1.58. The highest BCUT2D eigenvalue weighted by Crippen LogP contribution is 2.32. The average Bonchev–Trinajstić information content (AvgIpc) is 3.22. The van der Waals surface area contributed by atoms with Gasteiger partial charge in [0.05, 0.1) is 6.61 Å². The van der Waals surface area contributed by atoms with Crippen LogP contribution >= 0.6 is 0 Å². The summed E-state index contributed by atoms with van der Waals surface area (Å²) >= 11 is 0. The molecule has 2 aromatic rings. The Kier molecular flexibility index (Phi) is 6.04. The van der Waals surface area contributed by atoms with E-state index in [1.54, 1.807) is 31.2 Å². The van der Waals surface area contributed by atoms with Crippen LogP contribution in [0.25, 0.3) is 0 Å². The maximum atomic E-state index is 12.8. The lowest BCUT2D eigenvalue weighted by atomic mass is 10.1. The topological polar surface area (TPSA) is 80.3 Å². The number of nitrogens with one attached hydrogen (secondary N) is 1. The van der Waals surface area contributed by atoms with Gasteiger partial charge in [0.25, 0.3) is 5.91 Å². The fourth-order valence-electron chi connectivity index (χ4n) is 3.57. The monoisotopic (exact) mass is 411 g/mol. The highest BCUT2D eigenvalue weighted by atomic mass is 16.7. The molecule has 0 bridgehead atoms. The average molecular weight is 411 g/mol. The molecule has 1 fully saturated rings. The molecule has 4 rings (SSSR count). The maximum absolute atomic E-state index is 12.8. The van der Waals surface area contributed by atoms with Crippen LogP contribution in [0.15, 0.2) is 42.5 Å². The molecule has 0 atom stereocenters. The van der Waals surface area contributed by atoms with Crippen molar-refractivity contribution in [1.29, 1.82) is 0 Å². The maximum Gasteiger partial charge on any atom is 0.411 e. The summed E-state index contributed by atoms with van der Waals surface area (Å²) in [4.78, 5) is 28.5. The van der Waals surface area contributed by atoms with Gasteiger partial charge in [-0.15, -0.1) is 0 Å². The molecule has 0 radical (unpaired) electrons. The third-order valence-electron chi connectivity index (χ3n) is 5.16. The molecule has 2 heterocycles. The second-order valence-corrected chi connectivity index (χ2v) is 7.18. The molecule has 0 aliphatic carbocycles. The highest BCUT2D eigenvalue weighted by Gasteiger charge is 2.23. The smallest absolute Gasteiger partial charge is 0.411 e. The number of piperazine rings is 1. The highest BCUT2D eigenvalue weighted by molar-refractivity contribution is 5.95. The Morgan fingerprint density at radius 2 is 1.73 bits per heavy atom. The largest absolute Gasteiger partial charge is 0.454 e. The lowest BCUT2D eigenvalue weighted by molar-refractivity contribution is 0.0628. The van der Waals surface area contributed by atoms with Gasteiger partial charge in [-0.05, 0) is 48.9 Å². The minimum atomic E-state index is -0.504. The van der Waals surface area contributed by atoms with E-state index in [-0.39, 0.29) is 12.7 Å². The fraction of sp³-hybridized carbons (Fsp3) is 0.364. The van der Waals surface area contributed by atoms with Crippen molar-refractivity contribution in [2.75, 3.05) is 44.9 Å². The minimum Gasteiger partial charge on any atom is -0.454 e. The summed E-state index contributed by atoms with van der Waals surface area (Å²) in [5, 5.41) is 2.62. The van der Waals surface area contributed by atoms with Gasteiger partial charge in [0, 0.05) is 44.0 Å². The number of hydrogen-bond donors (Lipinski definition) is 1. The van der Waals surface area contributed by atoms with Gasteiger partial charge in [0.15, 0.2) is 11.5 Å². The molecule has 2 aliphatic heterocycles. The van der Waals surface area contributed by atoms with E-state index < -0.39 is 6.09 Å². The molecular formula is C22H25N3O5. The zero-order valence-corrected chi connectivity index (χ0v) is 16.9. The molecule has 2 aromatic carbocycles. The van der Waals surface area contributed by atoms with Crippen LogP contribution in [0.3, 0.4) is 0 Å². The second-order valence-electron chi connectivity index (χ2n) is 7.18. The third-order valence-corrected chi connectivity index (χ3v) is 5.16. The Bertz CT molecular complexity index is 907. The molecule has 0 spiro atoms.